The lowest BCUT2D eigenvalue weighted by Crippen LogP contribution is -2.07. The van der Waals surface area contributed by atoms with Gasteiger partial charge in [-0.2, -0.15) is 0 Å². The van der Waals surface area contributed by atoms with Crippen molar-refractivity contribution < 1.29 is 14.6 Å². The van der Waals surface area contributed by atoms with Gasteiger partial charge in [-0.25, -0.2) is 4.79 Å². The summed E-state index contributed by atoms with van der Waals surface area (Å²) in [5.41, 5.74) is 3.17. The molecule has 0 bridgehead atoms. The molecule has 0 unspecified atom stereocenters. The van der Waals surface area contributed by atoms with Gasteiger partial charge in [0.1, 0.15) is 22.5 Å². The van der Waals surface area contributed by atoms with E-state index >= 15 is 0 Å². The van der Waals surface area contributed by atoms with Gasteiger partial charge in [0.15, 0.2) is 0 Å². The average Bonchev–Trinajstić information content (AvgIpc) is 3.02. The Morgan fingerprint density at radius 3 is 2.77 bits per heavy atom. The highest BCUT2D eigenvalue weighted by Gasteiger charge is 2.10. The summed E-state index contributed by atoms with van der Waals surface area (Å²) >= 11 is 5.98. The molecule has 0 saturated heterocycles. The van der Waals surface area contributed by atoms with Crippen molar-refractivity contribution in [1.82, 2.24) is 15.0 Å². The molecule has 0 spiro atoms. The largest absolute Gasteiger partial charge is 0.506 e. The molecule has 0 radical (unpaired) electrons. The minimum atomic E-state index is -0.387. The summed E-state index contributed by atoms with van der Waals surface area (Å²) < 4.78 is 5.08. The molecule has 3 rings (SSSR count). The topological polar surface area (TPSA) is 77.2 Å². The summed E-state index contributed by atoms with van der Waals surface area (Å²) in [5.74, 6) is -0.309. The normalized spacial score (nSPS) is 10.8. The number of ether oxygens (including phenoxy) is 1. The Balaban J connectivity index is 1.74. The minimum absolute atomic E-state index is 0.0777. The van der Waals surface area contributed by atoms with Crippen LogP contribution in [-0.4, -0.2) is 32.7 Å². The van der Waals surface area contributed by atoms with Crippen LogP contribution >= 0.6 is 11.6 Å². The summed E-state index contributed by atoms with van der Waals surface area (Å²) in [6, 6.07) is 10.5. The third-order valence-electron chi connectivity index (χ3n) is 3.79. The number of phenolic OH excluding ortho intramolecular Hbond substituents is 1. The molecular formula is C19H18ClN3O3. The number of halogens is 1. The number of nitrogens with zero attached hydrogens (tertiary/aromatic N) is 3. The molecule has 0 fully saturated rings. The van der Waals surface area contributed by atoms with E-state index in [1.165, 1.54) is 4.80 Å². The number of aromatic nitrogens is 3. The smallest absolute Gasteiger partial charge is 0.333 e. The van der Waals surface area contributed by atoms with Gasteiger partial charge in [-0.3, -0.25) is 0 Å². The standard InChI is InChI=1S/C19H18ClN3O3/c1-12(2)19(25)26-9-3-4-13-5-8-18(24)17(10-13)23-21-15-7-6-14(20)11-16(15)22-23/h5-8,10-11,24H,1,3-4,9H2,2H3. The molecule has 2 aromatic carbocycles. The fraction of sp³-hybridized carbons (Fsp3) is 0.211. The summed E-state index contributed by atoms with van der Waals surface area (Å²) in [6.45, 7) is 5.47. The molecule has 0 atom stereocenters. The summed E-state index contributed by atoms with van der Waals surface area (Å²) in [4.78, 5) is 12.8. The Hall–Kier alpha value is -2.86. The van der Waals surface area contributed by atoms with Crippen molar-refractivity contribution in [1.29, 1.82) is 0 Å². The Labute approximate surface area is 155 Å². The van der Waals surface area contributed by atoms with Crippen molar-refractivity contribution in [3.05, 3.63) is 59.1 Å². The second-order valence-corrected chi connectivity index (χ2v) is 6.40. The van der Waals surface area contributed by atoms with Crippen LogP contribution in [0.1, 0.15) is 18.9 Å². The number of aryl methyl sites for hydroxylation is 1. The zero-order valence-corrected chi connectivity index (χ0v) is 15.0. The maximum Gasteiger partial charge on any atom is 0.333 e. The molecule has 0 aliphatic carbocycles. The lowest BCUT2D eigenvalue weighted by Gasteiger charge is -2.07. The zero-order valence-electron chi connectivity index (χ0n) is 14.3. The highest BCUT2D eigenvalue weighted by atomic mass is 35.5. The van der Waals surface area contributed by atoms with E-state index in [4.69, 9.17) is 16.3 Å². The van der Waals surface area contributed by atoms with Crippen molar-refractivity contribution in [2.75, 3.05) is 6.61 Å². The number of hydrogen-bond acceptors (Lipinski definition) is 5. The Morgan fingerprint density at radius 2 is 2.00 bits per heavy atom. The highest BCUT2D eigenvalue weighted by Crippen LogP contribution is 2.24. The van der Waals surface area contributed by atoms with E-state index in [0.29, 0.717) is 46.8 Å². The van der Waals surface area contributed by atoms with Gasteiger partial charge in [-0.05, 0) is 55.7 Å². The van der Waals surface area contributed by atoms with E-state index < -0.39 is 0 Å². The first kappa shape index (κ1) is 17.9. The van der Waals surface area contributed by atoms with Crippen LogP contribution in [0.15, 0.2) is 48.6 Å². The number of rotatable bonds is 6. The summed E-state index contributed by atoms with van der Waals surface area (Å²) in [6.07, 6.45) is 1.34. The molecule has 0 aliphatic rings. The van der Waals surface area contributed by atoms with Gasteiger partial charge in [-0.15, -0.1) is 15.0 Å². The Morgan fingerprint density at radius 1 is 1.23 bits per heavy atom. The minimum Gasteiger partial charge on any atom is -0.506 e. The molecule has 1 heterocycles. The Bertz CT molecular complexity index is 981. The maximum atomic E-state index is 11.4. The molecule has 0 aliphatic heterocycles. The third kappa shape index (κ3) is 4.03. The van der Waals surface area contributed by atoms with Gasteiger partial charge in [-0.1, -0.05) is 24.2 Å². The first-order valence-corrected chi connectivity index (χ1v) is 8.49. The van der Waals surface area contributed by atoms with Crippen LogP contribution in [0.5, 0.6) is 5.75 Å². The van der Waals surface area contributed by atoms with Gasteiger partial charge >= 0.3 is 5.97 Å². The van der Waals surface area contributed by atoms with Crippen LogP contribution in [0.3, 0.4) is 0 Å². The van der Waals surface area contributed by atoms with Crippen LogP contribution in [0.2, 0.25) is 5.02 Å². The van der Waals surface area contributed by atoms with Gasteiger partial charge in [0.2, 0.25) is 0 Å². The molecule has 7 heteroatoms. The summed E-state index contributed by atoms with van der Waals surface area (Å²) in [7, 11) is 0. The van der Waals surface area contributed by atoms with Gasteiger partial charge in [0.25, 0.3) is 0 Å². The number of benzene rings is 2. The van der Waals surface area contributed by atoms with Crippen LogP contribution < -0.4 is 0 Å². The SMILES string of the molecule is C=C(C)C(=O)OCCCc1ccc(O)c(-n2nc3ccc(Cl)cc3n2)c1. The van der Waals surface area contributed by atoms with Crippen LogP contribution in [0.25, 0.3) is 16.7 Å². The second kappa shape index (κ2) is 7.58. The van der Waals surface area contributed by atoms with Gasteiger partial charge < -0.3 is 9.84 Å². The van der Waals surface area contributed by atoms with Crippen LogP contribution in [0.4, 0.5) is 0 Å². The third-order valence-corrected chi connectivity index (χ3v) is 4.02. The number of carbonyl (C=O) groups excluding carboxylic acids is 1. The molecule has 1 N–H and O–H groups in total. The number of esters is 1. The lowest BCUT2D eigenvalue weighted by molar-refractivity contribution is -0.139. The quantitative estimate of drug-likeness (QED) is 0.405. The van der Waals surface area contributed by atoms with Crippen molar-refractivity contribution in [2.45, 2.75) is 19.8 Å². The molecule has 0 saturated carbocycles. The second-order valence-electron chi connectivity index (χ2n) is 5.97. The molecule has 6 nitrogen and oxygen atoms in total. The van der Waals surface area contributed by atoms with Crippen LogP contribution in [-0.2, 0) is 16.0 Å². The molecule has 1 aromatic heterocycles. The van der Waals surface area contributed by atoms with Crippen molar-refractivity contribution >= 4 is 28.6 Å². The predicted molar refractivity (Wildman–Crippen MR) is 99.6 cm³/mol. The highest BCUT2D eigenvalue weighted by molar-refractivity contribution is 6.31. The fourth-order valence-electron chi connectivity index (χ4n) is 2.44. The molecule has 0 amide bonds. The van der Waals surface area contributed by atoms with E-state index in [2.05, 4.69) is 16.8 Å². The van der Waals surface area contributed by atoms with Gasteiger partial charge in [0, 0.05) is 10.6 Å². The number of fused-ring (bicyclic) bond motifs is 1. The number of phenols is 1. The molecule has 3 aromatic rings. The molecule has 26 heavy (non-hydrogen) atoms. The van der Waals surface area contributed by atoms with E-state index in [0.717, 1.165) is 5.56 Å². The Kier molecular flexibility index (Phi) is 5.23. The predicted octanol–water partition coefficient (Wildman–Crippen LogP) is 3.83. The monoisotopic (exact) mass is 371 g/mol. The van der Waals surface area contributed by atoms with Gasteiger partial charge in [0.05, 0.1) is 6.61 Å². The first-order valence-electron chi connectivity index (χ1n) is 8.11. The number of carbonyl (C=O) groups is 1. The van der Waals surface area contributed by atoms with E-state index in [-0.39, 0.29) is 11.7 Å². The number of hydrogen-bond donors (Lipinski definition) is 1. The first-order chi connectivity index (χ1) is 12.4. The zero-order chi connectivity index (χ0) is 18.7. The van der Waals surface area contributed by atoms with E-state index in [1.807, 2.05) is 12.1 Å². The number of aromatic hydroxyl groups is 1. The summed E-state index contributed by atoms with van der Waals surface area (Å²) in [5, 5.41) is 19.5. The van der Waals surface area contributed by atoms with Crippen molar-refractivity contribution in [3.8, 4) is 11.4 Å². The maximum absolute atomic E-state index is 11.4. The van der Waals surface area contributed by atoms with E-state index in [9.17, 15) is 9.90 Å². The molecular weight excluding hydrogens is 354 g/mol. The lowest BCUT2D eigenvalue weighted by atomic mass is 10.1. The van der Waals surface area contributed by atoms with E-state index in [1.54, 1.807) is 31.2 Å². The van der Waals surface area contributed by atoms with Crippen molar-refractivity contribution in [2.24, 2.45) is 0 Å². The fourth-order valence-corrected chi connectivity index (χ4v) is 2.61. The molecule has 134 valence electrons. The van der Waals surface area contributed by atoms with Crippen molar-refractivity contribution in [3.63, 3.8) is 0 Å². The average molecular weight is 372 g/mol. The van der Waals surface area contributed by atoms with Crippen LogP contribution in [0, 0.1) is 0 Å².